The molecule has 3 heterocycles. The third-order valence-electron chi connectivity index (χ3n) is 6.46. The first-order valence-corrected chi connectivity index (χ1v) is 13.1. The van der Waals surface area contributed by atoms with Gasteiger partial charge < -0.3 is 15.2 Å². The van der Waals surface area contributed by atoms with E-state index >= 15 is 0 Å². The zero-order chi connectivity index (χ0) is 28.8. The standard InChI is InChI=1S/C26H27ClFN9O4/c1-39-22-11-16(5-8-21(22)40-15-17-6-7-18(28)12-19(17)27)13-30-32-26(38)23-20(14-36-9-3-2-4-10-36)37(35-31-23)25-24(29)33-41-34-25/h5-8,11-13H,2-4,9-10,14-15H2,1H3,(H2,29,33)(H,32,38)/b30-13-. The SMILES string of the molecule is COc1cc(/C=N\NC(=O)c2nnn(-c3nonc3N)c2CN2CCCCC2)ccc1OCc1ccc(F)cc1Cl. The van der Waals surface area contributed by atoms with Crippen molar-refractivity contribution in [3.8, 4) is 17.3 Å². The van der Waals surface area contributed by atoms with Crippen LogP contribution in [0.15, 0.2) is 46.1 Å². The summed E-state index contributed by atoms with van der Waals surface area (Å²) in [5.74, 6) is 0.0910. The Morgan fingerprint density at radius 2 is 2.02 bits per heavy atom. The summed E-state index contributed by atoms with van der Waals surface area (Å²) in [7, 11) is 1.50. The molecule has 13 nitrogen and oxygen atoms in total. The lowest BCUT2D eigenvalue weighted by Gasteiger charge is -2.26. The molecule has 1 aliphatic rings. The Hall–Kier alpha value is -4.56. The van der Waals surface area contributed by atoms with Crippen molar-refractivity contribution in [3.63, 3.8) is 0 Å². The van der Waals surface area contributed by atoms with Crippen LogP contribution in [0.2, 0.25) is 5.02 Å². The Morgan fingerprint density at radius 3 is 2.76 bits per heavy atom. The first-order valence-electron chi connectivity index (χ1n) is 12.8. The van der Waals surface area contributed by atoms with E-state index in [0.717, 1.165) is 32.4 Å². The predicted molar refractivity (Wildman–Crippen MR) is 147 cm³/mol. The van der Waals surface area contributed by atoms with E-state index < -0.39 is 11.7 Å². The maximum absolute atomic E-state index is 13.3. The van der Waals surface area contributed by atoms with Crippen LogP contribution in [-0.4, -0.2) is 62.5 Å². The van der Waals surface area contributed by atoms with Crippen LogP contribution >= 0.6 is 11.6 Å². The Morgan fingerprint density at radius 1 is 1.20 bits per heavy atom. The van der Waals surface area contributed by atoms with E-state index in [1.807, 2.05) is 0 Å². The number of nitrogens with two attached hydrogens (primary N) is 1. The number of nitrogens with zero attached hydrogens (tertiary/aromatic N) is 7. The fraction of sp³-hybridized carbons (Fsp3) is 0.308. The molecule has 41 heavy (non-hydrogen) atoms. The second-order valence-electron chi connectivity index (χ2n) is 9.24. The molecule has 3 N–H and O–H groups in total. The molecule has 0 saturated carbocycles. The summed E-state index contributed by atoms with van der Waals surface area (Å²) in [6.07, 6.45) is 4.74. The van der Waals surface area contributed by atoms with Gasteiger partial charge in [0.2, 0.25) is 11.6 Å². The van der Waals surface area contributed by atoms with Gasteiger partial charge in [0.25, 0.3) is 5.91 Å². The molecule has 214 valence electrons. The lowest BCUT2D eigenvalue weighted by Crippen LogP contribution is -2.31. The van der Waals surface area contributed by atoms with Crippen LogP contribution in [0.4, 0.5) is 10.2 Å². The number of hydrazone groups is 1. The summed E-state index contributed by atoms with van der Waals surface area (Å²) < 4.78 is 30.6. The maximum Gasteiger partial charge on any atom is 0.293 e. The monoisotopic (exact) mass is 583 g/mol. The van der Waals surface area contributed by atoms with Gasteiger partial charge in [-0.3, -0.25) is 9.69 Å². The molecule has 2 aromatic carbocycles. The van der Waals surface area contributed by atoms with Crippen molar-refractivity contribution in [2.24, 2.45) is 5.10 Å². The van der Waals surface area contributed by atoms with Gasteiger partial charge in [0.1, 0.15) is 12.4 Å². The second-order valence-corrected chi connectivity index (χ2v) is 9.65. The van der Waals surface area contributed by atoms with Gasteiger partial charge in [-0.05, 0) is 72.1 Å². The second kappa shape index (κ2) is 12.7. The highest BCUT2D eigenvalue weighted by Gasteiger charge is 2.26. The largest absolute Gasteiger partial charge is 0.493 e. The molecule has 4 aromatic rings. The lowest BCUT2D eigenvalue weighted by molar-refractivity contribution is 0.0947. The number of ether oxygens (including phenoxy) is 2. The highest BCUT2D eigenvalue weighted by atomic mass is 35.5. The molecule has 0 unspecified atom stereocenters. The minimum atomic E-state index is -0.558. The zero-order valence-electron chi connectivity index (χ0n) is 22.1. The number of carbonyl (C=O) groups is 1. The first-order chi connectivity index (χ1) is 19.9. The molecule has 0 bridgehead atoms. The molecule has 5 rings (SSSR count). The highest BCUT2D eigenvalue weighted by molar-refractivity contribution is 6.31. The summed E-state index contributed by atoms with van der Waals surface area (Å²) in [5.41, 5.74) is 10.2. The molecule has 1 aliphatic heterocycles. The number of likely N-dealkylation sites (tertiary alicyclic amines) is 1. The van der Waals surface area contributed by atoms with Crippen molar-refractivity contribution in [2.75, 3.05) is 25.9 Å². The number of nitrogen functional groups attached to an aromatic ring is 1. The molecule has 0 atom stereocenters. The van der Waals surface area contributed by atoms with Gasteiger partial charge in [0, 0.05) is 12.1 Å². The number of hydrogen-bond donors (Lipinski definition) is 2. The minimum Gasteiger partial charge on any atom is -0.493 e. The normalized spacial score (nSPS) is 13.9. The Balaban J connectivity index is 1.28. The van der Waals surface area contributed by atoms with E-state index in [1.54, 1.807) is 24.3 Å². The highest BCUT2D eigenvalue weighted by Crippen LogP contribution is 2.29. The number of aromatic nitrogens is 5. The molecule has 1 saturated heterocycles. The summed E-state index contributed by atoms with van der Waals surface area (Å²) in [5, 5.41) is 19.9. The molecular weight excluding hydrogens is 557 g/mol. The number of rotatable bonds is 10. The average molecular weight is 584 g/mol. The molecule has 0 spiro atoms. The van der Waals surface area contributed by atoms with Gasteiger partial charge in [0.05, 0.1) is 24.0 Å². The van der Waals surface area contributed by atoms with Crippen LogP contribution in [0, 0.1) is 5.82 Å². The van der Waals surface area contributed by atoms with E-state index in [2.05, 4.69) is 36.1 Å². The van der Waals surface area contributed by atoms with Crippen molar-refractivity contribution in [1.29, 1.82) is 0 Å². The molecule has 1 amide bonds. The van der Waals surface area contributed by atoms with Gasteiger partial charge in [-0.2, -0.15) is 9.78 Å². The Kier molecular flexibility index (Phi) is 8.70. The van der Waals surface area contributed by atoms with Crippen molar-refractivity contribution in [2.45, 2.75) is 32.4 Å². The third-order valence-corrected chi connectivity index (χ3v) is 6.81. The summed E-state index contributed by atoms with van der Waals surface area (Å²) in [6.45, 7) is 2.30. The number of piperidine rings is 1. The molecule has 15 heteroatoms. The summed E-state index contributed by atoms with van der Waals surface area (Å²) >= 11 is 6.08. The van der Waals surface area contributed by atoms with Gasteiger partial charge in [0.15, 0.2) is 17.2 Å². The molecule has 1 fully saturated rings. The number of carbonyl (C=O) groups excluding carboxylic acids is 1. The fourth-order valence-corrected chi connectivity index (χ4v) is 4.58. The Bertz CT molecular complexity index is 1550. The van der Waals surface area contributed by atoms with Crippen molar-refractivity contribution >= 4 is 29.5 Å². The van der Waals surface area contributed by atoms with Gasteiger partial charge in [-0.15, -0.1) is 5.10 Å². The number of hydrogen-bond acceptors (Lipinski definition) is 11. The fourth-order valence-electron chi connectivity index (χ4n) is 4.35. The van der Waals surface area contributed by atoms with Gasteiger partial charge in [-0.25, -0.2) is 14.4 Å². The number of benzene rings is 2. The average Bonchev–Trinajstić information content (AvgIpc) is 3.58. The number of nitrogens with one attached hydrogen (secondary N) is 1. The topological polar surface area (TPSA) is 159 Å². The number of methoxy groups -OCH3 is 1. The summed E-state index contributed by atoms with van der Waals surface area (Å²) in [4.78, 5) is 15.3. The van der Waals surface area contributed by atoms with E-state index in [-0.39, 0.29) is 29.0 Å². The lowest BCUT2D eigenvalue weighted by atomic mass is 10.1. The van der Waals surface area contributed by atoms with E-state index in [9.17, 15) is 9.18 Å². The van der Waals surface area contributed by atoms with Crippen molar-refractivity contribution < 1.29 is 23.3 Å². The van der Waals surface area contributed by atoms with Crippen LogP contribution in [0.25, 0.3) is 5.82 Å². The molecule has 2 aromatic heterocycles. The quantitative estimate of drug-likeness (QED) is 0.209. The van der Waals surface area contributed by atoms with Gasteiger partial charge in [-0.1, -0.05) is 29.3 Å². The molecule has 0 aliphatic carbocycles. The van der Waals surface area contributed by atoms with E-state index in [0.29, 0.717) is 34.9 Å². The maximum atomic E-state index is 13.3. The molecular formula is C26H27ClFN9O4. The van der Waals surface area contributed by atoms with Crippen LogP contribution in [-0.2, 0) is 13.2 Å². The van der Waals surface area contributed by atoms with Crippen LogP contribution in [0.3, 0.4) is 0 Å². The Labute approximate surface area is 239 Å². The summed E-state index contributed by atoms with van der Waals surface area (Å²) in [6, 6.07) is 9.21. The molecule has 0 radical (unpaired) electrons. The van der Waals surface area contributed by atoms with E-state index in [4.69, 9.17) is 31.4 Å². The van der Waals surface area contributed by atoms with Crippen molar-refractivity contribution in [1.82, 2.24) is 35.6 Å². The van der Waals surface area contributed by atoms with Crippen LogP contribution in [0.1, 0.15) is 46.6 Å². The zero-order valence-corrected chi connectivity index (χ0v) is 22.8. The number of halogens is 2. The predicted octanol–water partition coefficient (Wildman–Crippen LogP) is 3.36. The third kappa shape index (κ3) is 6.61. The van der Waals surface area contributed by atoms with Crippen LogP contribution in [0.5, 0.6) is 11.5 Å². The smallest absolute Gasteiger partial charge is 0.293 e. The minimum absolute atomic E-state index is 0.0295. The van der Waals surface area contributed by atoms with Crippen molar-refractivity contribution in [3.05, 3.63) is 69.8 Å². The van der Waals surface area contributed by atoms with E-state index in [1.165, 1.54) is 30.1 Å². The number of amides is 1. The van der Waals surface area contributed by atoms with Crippen LogP contribution < -0.4 is 20.6 Å². The van der Waals surface area contributed by atoms with Gasteiger partial charge >= 0.3 is 0 Å². The number of anilines is 1. The first kappa shape index (κ1) is 28.0.